The number of carbonyl (C=O) groups excluding carboxylic acids is 1. The van der Waals surface area contributed by atoms with Crippen LogP contribution >= 0.6 is 11.6 Å². The molecule has 1 aromatic carbocycles. The van der Waals surface area contributed by atoms with E-state index >= 15 is 0 Å². The average molecular weight is 249 g/mol. The van der Waals surface area contributed by atoms with Gasteiger partial charge in [0.05, 0.1) is 6.26 Å². The van der Waals surface area contributed by atoms with Crippen LogP contribution in [0, 0.1) is 0 Å². The Kier molecular flexibility index (Phi) is 5.83. The molecule has 0 N–H and O–H groups in total. The summed E-state index contributed by atoms with van der Waals surface area (Å²) in [5.41, 5.74) is 1.09. The van der Waals surface area contributed by atoms with E-state index in [1.807, 2.05) is 42.5 Å². The Balaban J connectivity index is 2.50. The van der Waals surface area contributed by atoms with Gasteiger partial charge in [-0.25, -0.2) is 0 Å². The highest BCUT2D eigenvalue weighted by atomic mass is 35.5. The zero-order valence-electron chi connectivity index (χ0n) is 9.47. The summed E-state index contributed by atoms with van der Waals surface area (Å²) in [6, 6.07) is 9.87. The minimum absolute atomic E-state index is 0.370. The molecular weight excluding hydrogens is 236 g/mol. The number of ether oxygens (including phenoxy) is 1. The Morgan fingerprint density at radius 3 is 2.65 bits per heavy atom. The fraction of sp³-hybridized carbons (Fsp3) is 0.0714. The number of allylic oxidation sites excluding steroid dienone is 4. The minimum atomic E-state index is -0.370. The molecule has 3 heteroatoms. The third-order valence-corrected chi connectivity index (χ3v) is 2.06. The molecule has 0 bridgehead atoms. The molecule has 0 radical (unpaired) electrons. The van der Waals surface area contributed by atoms with E-state index in [1.165, 1.54) is 19.3 Å². The van der Waals surface area contributed by atoms with E-state index in [9.17, 15) is 4.79 Å². The van der Waals surface area contributed by atoms with E-state index in [0.29, 0.717) is 5.03 Å². The first-order valence-electron chi connectivity index (χ1n) is 5.11. The van der Waals surface area contributed by atoms with E-state index in [0.717, 1.165) is 5.56 Å². The van der Waals surface area contributed by atoms with Gasteiger partial charge in [-0.1, -0.05) is 54.1 Å². The lowest BCUT2D eigenvalue weighted by molar-refractivity contribution is -0.135. The van der Waals surface area contributed by atoms with Crippen LogP contribution in [0.4, 0.5) is 0 Å². The van der Waals surface area contributed by atoms with Crippen LogP contribution in [0.2, 0.25) is 0 Å². The van der Waals surface area contributed by atoms with Gasteiger partial charge in [0.25, 0.3) is 0 Å². The third-order valence-electron chi connectivity index (χ3n) is 1.80. The molecule has 1 rings (SSSR count). The molecule has 0 atom stereocenters. The van der Waals surface area contributed by atoms with E-state index in [-0.39, 0.29) is 5.97 Å². The lowest BCUT2D eigenvalue weighted by Gasteiger charge is -1.91. The second kappa shape index (κ2) is 7.47. The number of rotatable bonds is 4. The first kappa shape index (κ1) is 13.3. The van der Waals surface area contributed by atoms with Crippen LogP contribution in [0.5, 0.6) is 0 Å². The van der Waals surface area contributed by atoms with Gasteiger partial charge in [-0.15, -0.1) is 0 Å². The summed E-state index contributed by atoms with van der Waals surface area (Å²) in [5, 5.41) is 0.485. The Labute approximate surface area is 106 Å². The van der Waals surface area contributed by atoms with Gasteiger partial charge in [-0.2, -0.15) is 0 Å². The topological polar surface area (TPSA) is 26.3 Å². The van der Waals surface area contributed by atoms with Crippen LogP contribution in [0.25, 0.3) is 6.08 Å². The Bertz CT molecular complexity index is 445. The lowest BCUT2D eigenvalue weighted by Crippen LogP contribution is -1.88. The number of benzene rings is 1. The highest BCUT2D eigenvalue weighted by molar-refractivity contribution is 6.31. The average Bonchev–Trinajstić information content (AvgIpc) is 2.30. The van der Waals surface area contributed by atoms with Crippen LogP contribution in [-0.2, 0) is 9.53 Å². The van der Waals surface area contributed by atoms with Gasteiger partial charge in [0.1, 0.15) is 0 Å². The van der Waals surface area contributed by atoms with Gasteiger partial charge in [0, 0.05) is 12.0 Å². The molecule has 88 valence electrons. The zero-order valence-corrected chi connectivity index (χ0v) is 10.2. The second-order valence-corrected chi connectivity index (χ2v) is 3.67. The fourth-order valence-electron chi connectivity index (χ4n) is 1.07. The fourth-order valence-corrected chi connectivity index (χ4v) is 1.19. The van der Waals surface area contributed by atoms with Crippen molar-refractivity contribution in [3.8, 4) is 0 Å². The van der Waals surface area contributed by atoms with Crippen molar-refractivity contribution in [3.05, 3.63) is 65.4 Å². The number of hydrogen-bond acceptors (Lipinski definition) is 2. The predicted octanol–water partition coefficient (Wildman–Crippen LogP) is 3.90. The Morgan fingerprint density at radius 2 is 2.00 bits per heavy atom. The van der Waals surface area contributed by atoms with Crippen molar-refractivity contribution in [2.24, 2.45) is 0 Å². The third kappa shape index (κ3) is 6.38. The molecule has 0 aromatic heterocycles. The van der Waals surface area contributed by atoms with E-state index < -0.39 is 0 Å². The summed E-state index contributed by atoms with van der Waals surface area (Å²) in [5.74, 6) is -0.370. The lowest BCUT2D eigenvalue weighted by atomic mass is 10.2. The highest BCUT2D eigenvalue weighted by Crippen LogP contribution is 2.06. The van der Waals surface area contributed by atoms with Crippen molar-refractivity contribution in [2.45, 2.75) is 6.92 Å². The number of esters is 1. The molecule has 0 heterocycles. The summed E-state index contributed by atoms with van der Waals surface area (Å²) in [6.07, 6.45) is 8.25. The van der Waals surface area contributed by atoms with Crippen molar-refractivity contribution in [2.75, 3.05) is 0 Å². The number of halogens is 1. The van der Waals surface area contributed by atoms with Gasteiger partial charge in [0.2, 0.25) is 0 Å². The molecule has 2 nitrogen and oxygen atoms in total. The van der Waals surface area contributed by atoms with Crippen molar-refractivity contribution < 1.29 is 9.53 Å². The molecule has 0 spiro atoms. The first-order valence-corrected chi connectivity index (χ1v) is 5.49. The monoisotopic (exact) mass is 248 g/mol. The van der Waals surface area contributed by atoms with Gasteiger partial charge in [0.15, 0.2) is 0 Å². The minimum Gasteiger partial charge on any atom is -0.435 e. The van der Waals surface area contributed by atoms with Crippen molar-refractivity contribution in [1.82, 2.24) is 0 Å². The van der Waals surface area contributed by atoms with Crippen LogP contribution in [-0.4, -0.2) is 5.97 Å². The molecule has 0 aliphatic rings. The van der Waals surface area contributed by atoms with E-state index in [1.54, 1.807) is 6.08 Å². The van der Waals surface area contributed by atoms with Crippen molar-refractivity contribution in [1.29, 1.82) is 0 Å². The smallest absolute Gasteiger partial charge is 0.307 e. The van der Waals surface area contributed by atoms with Crippen LogP contribution in [0.1, 0.15) is 12.5 Å². The highest BCUT2D eigenvalue weighted by Gasteiger charge is 1.86. The molecular formula is C14H13ClO2. The Morgan fingerprint density at radius 1 is 1.29 bits per heavy atom. The van der Waals surface area contributed by atoms with Crippen LogP contribution in [0.3, 0.4) is 0 Å². The van der Waals surface area contributed by atoms with Crippen molar-refractivity contribution in [3.63, 3.8) is 0 Å². The molecule has 0 unspecified atom stereocenters. The zero-order chi connectivity index (χ0) is 12.5. The molecule has 0 aliphatic heterocycles. The summed E-state index contributed by atoms with van der Waals surface area (Å²) in [7, 11) is 0. The molecule has 0 saturated heterocycles. The number of carbonyl (C=O) groups is 1. The Hall–Kier alpha value is -1.80. The van der Waals surface area contributed by atoms with Gasteiger partial charge in [-0.3, -0.25) is 4.79 Å². The van der Waals surface area contributed by atoms with Gasteiger partial charge in [-0.05, 0) is 17.7 Å². The van der Waals surface area contributed by atoms with Crippen LogP contribution in [0.15, 0.2) is 59.9 Å². The second-order valence-electron chi connectivity index (χ2n) is 3.23. The summed E-state index contributed by atoms with van der Waals surface area (Å²) < 4.78 is 4.61. The number of hydrogen-bond donors (Lipinski definition) is 0. The predicted molar refractivity (Wildman–Crippen MR) is 70.3 cm³/mol. The quantitative estimate of drug-likeness (QED) is 0.459. The maximum Gasteiger partial charge on any atom is 0.307 e. The standard InChI is InChI=1S/C14H13ClO2/c1-12(16)17-11-10-14(15)9-5-8-13-6-3-2-4-7-13/h2-11H,1H3. The van der Waals surface area contributed by atoms with E-state index in [4.69, 9.17) is 11.6 Å². The van der Waals surface area contributed by atoms with Crippen molar-refractivity contribution >= 4 is 23.6 Å². The van der Waals surface area contributed by atoms with Gasteiger partial charge < -0.3 is 4.74 Å². The molecule has 17 heavy (non-hydrogen) atoms. The van der Waals surface area contributed by atoms with Gasteiger partial charge >= 0.3 is 5.97 Å². The molecule has 0 amide bonds. The molecule has 1 aromatic rings. The molecule has 0 fully saturated rings. The first-order chi connectivity index (χ1) is 8.18. The maximum atomic E-state index is 10.5. The normalized spacial score (nSPS) is 12.2. The molecule has 0 aliphatic carbocycles. The van der Waals surface area contributed by atoms with Crippen LogP contribution < -0.4 is 0 Å². The maximum absolute atomic E-state index is 10.5. The molecule has 0 saturated carbocycles. The summed E-state index contributed by atoms with van der Waals surface area (Å²) in [4.78, 5) is 10.5. The summed E-state index contributed by atoms with van der Waals surface area (Å²) >= 11 is 5.86. The van der Waals surface area contributed by atoms with E-state index in [2.05, 4.69) is 4.74 Å². The summed E-state index contributed by atoms with van der Waals surface area (Å²) in [6.45, 7) is 1.33. The largest absolute Gasteiger partial charge is 0.435 e. The SMILES string of the molecule is CC(=O)OC=CC(Cl)=CC=Cc1ccccc1.